The summed E-state index contributed by atoms with van der Waals surface area (Å²) in [6.07, 6.45) is 0. The molecule has 0 heterocycles. The van der Waals surface area contributed by atoms with Gasteiger partial charge in [0.15, 0.2) is 6.73 Å². The number of anilines is 1. The fraction of sp³-hybridized carbons (Fsp3) is 0.136. The van der Waals surface area contributed by atoms with Crippen LogP contribution in [0.4, 0.5) is 10.5 Å². The van der Waals surface area contributed by atoms with E-state index in [9.17, 15) is 4.79 Å². The number of carbonyl (C=O) groups excluding carboxylic acids is 1. The van der Waals surface area contributed by atoms with Crippen LogP contribution in [-0.2, 0) is 6.54 Å². The van der Waals surface area contributed by atoms with Crippen LogP contribution < -0.4 is 15.0 Å². The highest BCUT2D eigenvalue weighted by molar-refractivity contribution is 5.91. The molecule has 132 valence electrons. The maximum absolute atomic E-state index is 12.7. The molecule has 3 aromatic carbocycles. The zero-order valence-corrected chi connectivity index (χ0v) is 14.8. The lowest BCUT2D eigenvalue weighted by atomic mass is 10.2. The van der Waals surface area contributed by atoms with Crippen LogP contribution in [0.25, 0.3) is 0 Å². The highest BCUT2D eigenvalue weighted by Gasteiger charge is 2.15. The van der Waals surface area contributed by atoms with E-state index in [0.29, 0.717) is 6.54 Å². The van der Waals surface area contributed by atoms with Gasteiger partial charge in [0.25, 0.3) is 0 Å². The first-order valence-electron chi connectivity index (χ1n) is 8.56. The first-order chi connectivity index (χ1) is 12.7. The van der Waals surface area contributed by atoms with E-state index in [1.165, 1.54) is 5.56 Å². The molecule has 0 saturated heterocycles. The summed E-state index contributed by atoms with van der Waals surface area (Å²) < 4.78 is 5.61. The smallest absolute Gasteiger partial charge is 0.324 e. The highest BCUT2D eigenvalue weighted by atomic mass is 16.5. The first-order valence-corrected chi connectivity index (χ1v) is 8.56. The van der Waals surface area contributed by atoms with Crippen LogP contribution in [0.2, 0.25) is 0 Å². The first kappa shape index (κ1) is 17.5. The number of carbonyl (C=O) groups is 1. The molecule has 0 bridgehead atoms. The second-order valence-corrected chi connectivity index (χ2v) is 5.99. The second kappa shape index (κ2) is 8.72. The molecule has 4 heteroatoms. The lowest BCUT2D eigenvalue weighted by Gasteiger charge is -2.23. The summed E-state index contributed by atoms with van der Waals surface area (Å²) in [4.78, 5) is 14.4. The van der Waals surface area contributed by atoms with E-state index < -0.39 is 0 Å². The quantitative estimate of drug-likeness (QED) is 0.655. The zero-order chi connectivity index (χ0) is 18.2. The van der Waals surface area contributed by atoms with Crippen molar-refractivity contribution in [3.8, 4) is 5.75 Å². The number of ether oxygens (including phenoxy) is 1. The molecule has 0 unspecified atom stereocenters. The van der Waals surface area contributed by atoms with Crippen LogP contribution in [0.15, 0.2) is 84.9 Å². The molecular formula is C22H22N2O2. The van der Waals surface area contributed by atoms with E-state index in [0.717, 1.165) is 17.0 Å². The second-order valence-electron chi connectivity index (χ2n) is 5.99. The lowest BCUT2D eigenvalue weighted by molar-refractivity contribution is 0.229. The Morgan fingerprint density at radius 3 is 2.15 bits per heavy atom. The number of hydrogen-bond acceptors (Lipinski definition) is 2. The van der Waals surface area contributed by atoms with E-state index in [4.69, 9.17) is 4.74 Å². The van der Waals surface area contributed by atoms with Gasteiger partial charge in [-0.1, -0.05) is 66.2 Å². The minimum atomic E-state index is -0.202. The minimum absolute atomic E-state index is 0.111. The van der Waals surface area contributed by atoms with E-state index in [-0.39, 0.29) is 12.8 Å². The van der Waals surface area contributed by atoms with Gasteiger partial charge in [-0.3, -0.25) is 4.90 Å². The molecule has 2 amide bonds. The van der Waals surface area contributed by atoms with Crippen LogP contribution in [0, 0.1) is 6.92 Å². The van der Waals surface area contributed by atoms with Gasteiger partial charge in [0.2, 0.25) is 0 Å². The van der Waals surface area contributed by atoms with E-state index in [1.807, 2.05) is 91.9 Å². The van der Waals surface area contributed by atoms with Gasteiger partial charge in [-0.25, -0.2) is 4.79 Å². The number of nitrogens with one attached hydrogen (secondary N) is 1. The summed E-state index contributed by atoms with van der Waals surface area (Å²) in [5, 5.41) is 2.83. The number of nitrogens with zero attached hydrogens (tertiary/aromatic N) is 1. The third kappa shape index (κ3) is 4.86. The molecule has 1 N–H and O–H groups in total. The summed E-state index contributed by atoms with van der Waals surface area (Å²) in [5.41, 5.74) is 3.06. The number of hydrogen-bond donors (Lipinski definition) is 1. The maximum atomic E-state index is 12.7. The van der Waals surface area contributed by atoms with E-state index in [1.54, 1.807) is 4.90 Å². The van der Waals surface area contributed by atoms with Crippen molar-refractivity contribution in [2.24, 2.45) is 0 Å². The number of aryl methyl sites for hydroxylation is 1. The van der Waals surface area contributed by atoms with Gasteiger partial charge in [-0.2, -0.15) is 0 Å². The molecular weight excluding hydrogens is 324 g/mol. The highest BCUT2D eigenvalue weighted by Crippen LogP contribution is 2.17. The summed E-state index contributed by atoms with van der Waals surface area (Å²) in [5.74, 6) is 0.727. The molecule has 0 radical (unpaired) electrons. The van der Waals surface area contributed by atoms with Crippen LogP contribution in [-0.4, -0.2) is 12.8 Å². The maximum Gasteiger partial charge on any atom is 0.324 e. The van der Waals surface area contributed by atoms with Crippen molar-refractivity contribution in [2.45, 2.75) is 13.5 Å². The lowest BCUT2D eigenvalue weighted by Crippen LogP contribution is -2.41. The SMILES string of the molecule is Cc1ccc(OCNC(=O)N(Cc2ccccc2)c2ccccc2)cc1. The van der Waals surface area contributed by atoms with Gasteiger partial charge >= 0.3 is 6.03 Å². The topological polar surface area (TPSA) is 41.6 Å². The molecule has 0 fully saturated rings. The van der Waals surface area contributed by atoms with Gasteiger partial charge in [0.05, 0.1) is 6.54 Å². The molecule has 3 aromatic rings. The molecule has 0 spiro atoms. The van der Waals surface area contributed by atoms with Gasteiger partial charge < -0.3 is 10.1 Å². The fourth-order valence-corrected chi connectivity index (χ4v) is 2.57. The molecule has 0 saturated carbocycles. The third-order valence-corrected chi connectivity index (χ3v) is 3.98. The van der Waals surface area contributed by atoms with Crippen molar-refractivity contribution in [1.29, 1.82) is 0 Å². The van der Waals surface area contributed by atoms with Crippen molar-refractivity contribution >= 4 is 11.7 Å². The average molecular weight is 346 g/mol. The number of benzene rings is 3. The Balaban J connectivity index is 1.65. The van der Waals surface area contributed by atoms with E-state index >= 15 is 0 Å². The van der Waals surface area contributed by atoms with Crippen molar-refractivity contribution < 1.29 is 9.53 Å². The normalized spacial score (nSPS) is 10.2. The third-order valence-electron chi connectivity index (χ3n) is 3.98. The number of urea groups is 1. The number of rotatable bonds is 6. The Morgan fingerprint density at radius 2 is 1.50 bits per heavy atom. The van der Waals surface area contributed by atoms with Crippen molar-refractivity contribution in [3.63, 3.8) is 0 Å². The zero-order valence-electron chi connectivity index (χ0n) is 14.8. The molecule has 0 aromatic heterocycles. The van der Waals surface area contributed by atoms with Gasteiger partial charge in [-0.05, 0) is 36.8 Å². The van der Waals surface area contributed by atoms with Crippen LogP contribution in [0.3, 0.4) is 0 Å². The van der Waals surface area contributed by atoms with Crippen molar-refractivity contribution in [2.75, 3.05) is 11.6 Å². The Kier molecular flexibility index (Phi) is 5.88. The predicted molar refractivity (Wildman–Crippen MR) is 104 cm³/mol. The molecule has 0 aliphatic rings. The van der Waals surface area contributed by atoms with Crippen molar-refractivity contribution in [3.05, 3.63) is 96.1 Å². The van der Waals surface area contributed by atoms with Crippen LogP contribution >= 0.6 is 0 Å². The molecule has 0 atom stereocenters. The van der Waals surface area contributed by atoms with Crippen LogP contribution in [0.1, 0.15) is 11.1 Å². The monoisotopic (exact) mass is 346 g/mol. The van der Waals surface area contributed by atoms with Gasteiger partial charge in [0, 0.05) is 5.69 Å². The van der Waals surface area contributed by atoms with Gasteiger partial charge in [-0.15, -0.1) is 0 Å². The summed E-state index contributed by atoms with van der Waals surface area (Å²) in [6, 6.07) is 27.1. The fourth-order valence-electron chi connectivity index (χ4n) is 2.57. The summed E-state index contributed by atoms with van der Waals surface area (Å²) in [6.45, 7) is 2.62. The summed E-state index contributed by atoms with van der Waals surface area (Å²) in [7, 11) is 0. The standard InChI is InChI=1S/C22H22N2O2/c1-18-12-14-21(15-13-18)26-17-23-22(25)24(20-10-6-3-7-11-20)16-19-8-4-2-5-9-19/h2-15H,16-17H2,1H3,(H,23,25). The molecule has 4 nitrogen and oxygen atoms in total. The Morgan fingerprint density at radius 1 is 0.885 bits per heavy atom. The van der Waals surface area contributed by atoms with Gasteiger partial charge in [0.1, 0.15) is 5.75 Å². The minimum Gasteiger partial charge on any atom is -0.473 e. The Bertz CT molecular complexity index is 818. The Labute approximate surface area is 154 Å². The average Bonchev–Trinajstić information content (AvgIpc) is 2.69. The van der Waals surface area contributed by atoms with E-state index in [2.05, 4.69) is 5.32 Å². The predicted octanol–water partition coefficient (Wildman–Crippen LogP) is 4.75. The molecule has 26 heavy (non-hydrogen) atoms. The molecule has 0 aliphatic heterocycles. The molecule has 0 aliphatic carbocycles. The number of amides is 2. The summed E-state index contributed by atoms with van der Waals surface area (Å²) >= 11 is 0. The number of para-hydroxylation sites is 1. The largest absolute Gasteiger partial charge is 0.473 e. The van der Waals surface area contributed by atoms with Crippen LogP contribution in [0.5, 0.6) is 5.75 Å². The van der Waals surface area contributed by atoms with Crippen molar-refractivity contribution in [1.82, 2.24) is 5.32 Å². The Hall–Kier alpha value is -3.27. The molecule has 3 rings (SSSR count).